The standard InChI is InChI=1S/C10H14N4S/c1-2-14-7-8(6-12-14)10(13-11)9-4-3-5-15-9/h3-7,10,13H,2,11H2,1H3. The highest BCUT2D eigenvalue weighted by Crippen LogP contribution is 2.24. The summed E-state index contributed by atoms with van der Waals surface area (Å²) in [7, 11) is 0. The Balaban J connectivity index is 2.27. The smallest absolute Gasteiger partial charge is 0.0832 e. The number of nitrogens with zero attached hydrogens (tertiary/aromatic N) is 2. The van der Waals surface area contributed by atoms with Gasteiger partial charge in [0.05, 0.1) is 12.2 Å². The molecular formula is C10H14N4S. The average Bonchev–Trinajstić information content (AvgIpc) is 2.89. The van der Waals surface area contributed by atoms with Crippen LogP contribution in [0.1, 0.15) is 23.4 Å². The molecule has 0 amide bonds. The van der Waals surface area contributed by atoms with E-state index in [1.165, 1.54) is 4.88 Å². The first-order valence-corrected chi connectivity index (χ1v) is 5.75. The van der Waals surface area contributed by atoms with E-state index in [2.05, 4.69) is 23.5 Å². The molecule has 4 nitrogen and oxygen atoms in total. The van der Waals surface area contributed by atoms with Gasteiger partial charge in [-0.25, -0.2) is 5.43 Å². The van der Waals surface area contributed by atoms with Crippen LogP contribution in [0.5, 0.6) is 0 Å². The van der Waals surface area contributed by atoms with Gasteiger partial charge in [0, 0.05) is 23.2 Å². The SMILES string of the molecule is CCn1cc(C(NN)c2cccs2)cn1. The quantitative estimate of drug-likeness (QED) is 0.609. The highest BCUT2D eigenvalue weighted by atomic mass is 32.1. The van der Waals surface area contributed by atoms with Gasteiger partial charge in [0.25, 0.3) is 0 Å². The molecule has 0 saturated heterocycles. The van der Waals surface area contributed by atoms with Gasteiger partial charge in [-0.2, -0.15) is 5.10 Å². The van der Waals surface area contributed by atoms with Crippen molar-refractivity contribution in [1.82, 2.24) is 15.2 Å². The summed E-state index contributed by atoms with van der Waals surface area (Å²) in [5.74, 6) is 5.57. The van der Waals surface area contributed by atoms with Crippen molar-refractivity contribution in [3.8, 4) is 0 Å². The van der Waals surface area contributed by atoms with E-state index in [1.807, 2.05) is 28.5 Å². The molecule has 0 spiro atoms. The van der Waals surface area contributed by atoms with Crippen molar-refractivity contribution in [3.63, 3.8) is 0 Å². The summed E-state index contributed by atoms with van der Waals surface area (Å²) >= 11 is 1.69. The minimum Gasteiger partial charge on any atom is -0.273 e. The zero-order chi connectivity index (χ0) is 10.7. The second-order valence-corrected chi connectivity index (χ2v) is 4.22. The topological polar surface area (TPSA) is 55.9 Å². The Bertz CT molecular complexity index is 407. The molecule has 0 fully saturated rings. The molecule has 2 rings (SSSR count). The van der Waals surface area contributed by atoms with Crippen LogP contribution in [0.4, 0.5) is 0 Å². The third kappa shape index (κ3) is 2.09. The van der Waals surface area contributed by atoms with Gasteiger partial charge in [-0.3, -0.25) is 10.5 Å². The molecule has 0 aliphatic heterocycles. The maximum Gasteiger partial charge on any atom is 0.0832 e. The van der Waals surface area contributed by atoms with Crippen LogP contribution in [0.2, 0.25) is 0 Å². The molecule has 2 aromatic heterocycles. The Morgan fingerprint density at radius 3 is 3.07 bits per heavy atom. The first-order valence-electron chi connectivity index (χ1n) is 4.87. The highest BCUT2D eigenvalue weighted by molar-refractivity contribution is 7.10. The molecule has 2 heterocycles. The molecule has 0 aromatic carbocycles. The lowest BCUT2D eigenvalue weighted by Crippen LogP contribution is -2.27. The Hall–Kier alpha value is -1.17. The number of rotatable bonds is 4. The number of aryl methyl sites for hydroxylation is 1. The fourth-order valence-corrected chi connectivity index (χ4v) is 2.31. The van der Waals surface area contributed by atoms with Crippen LogP contribution in [0.3, 0.4) is 0 Å². The van der Waals surface area contributed by atoms with Crippen LogP contribution in [-0.2, 0) is 6.54 Å². The lowest BCUT2D eigenvalue weighted by atomic mass is 10.1. The Morgan fingerprint density at radius 1 is 1.67 bits per heavy atom. The molecule has 0 saturated carbocycles. The summed E-state index contributed by atoms with van der Waals surface area (Å²) in [5.41, 5.74) is 3.91. The number of thiophene rings is 1. The molecule has 5 heteroatoms. The number of hydrogen-bond donors (Lipinski definition) is 2. The lowest BCUT2D eigenvalue weighted by molar-refractivity contribution is 0.637. The third-order valence-corrected chi connectivity index (χ3v) is 3.24. The van der Waals surface area contributed by atoms with E-state index in [1.54, 1.807) is 11.3 Å². The van der Waals surface area contributed by atoms with Crippen molar-refractivity contribution in [2.75, 3.05) is 0 Å². The second-order valence-electron chi connectivity index (χ2n) is 3.24. The van der Waals surface area contributed by atoms with Crippen molar-refractivity contribution < 1.29 is 0 Å². The van der Waals surface area contributed by atoms with E-state index in [4.69, 9.17) is 5.84 Å². The van der Waals surface area contributed by atoms with Crippen molar-refractivity contribution in [2.24, 2.45) is 5.84 Å². The molecule has 0 aliphatic carbocycles. The zero-order valence-electron chi connectivity index (χ0n) is 8.55. The summed E-state index contributed by atoms with van der Waals surface area (Å²) in [6.07, 6.45) is 3.87. The van der Waals surface area contributed by atoms with E-state index in [-0.39, 0.29) is 6.04 Å². The summed E-state index contributed by atoms with van der Waals surface area (Å²) in [4.78, 5) is 1.20. The van der Waals surface area contributed by atoms with E-state index in [0.717, 1.165) is 12.1 Å². The number of nitrogens with two attached hydrogens (primary N) is 1. The van der Waals surface area contributed by atoms with Crippen LogP contribution in [-0.4, -0.2) is 9.78 Å². The van der Waals surface area contributed by atoms with Crippen molar-refractivity contribution in [1.29, 1.82) is 0 Å². The van der Waals surface area contributed by atoms with Gasteiger partial charge < -0.3 is 0 Å². The zero-order valence-corrected chi connectivity index (χ0v) is 9.37. The van der Waals surface area contributed by atoms with E-state index in [0.29, 0.717) is 0 Å². The van der Waals surface area contributed by atoms with Crippen LogP contribution in [0.25, 0.3) is 0 Å². The van der Waals surface area contributed by atoms with Crippen LogP contribution in [0.15, 0.2) is 29.9 Å². The molecule has 1 unspecified atom stereocenters. The summed E-state index contributed by atoms with van der Waals surface area (Å²) < 4.78 is 1.90. The fraction of sp³-hybridized carbons (Fsp3) is 0.300. The number of nitrogens with one attached hydrogen (secondary N) is 1. The molecule has 80 valence electrons. The third-order valence-electron chi connectivity index (χ3n) is 2.30. The second kappa shape index (κ2) is 4.57. The molecule has 0 aliphatic rings. The number of hydrazine groups is 1. The predicted octanol–water partition coefficient (Wildman–Crippen LogP) is 1.52. The van der Waals surface area contributed by atoms with E-state index >= 15 is 0 Å². The molecule has 0 radical (unpaired) electrons. The van der Waals surface area contributed by atoms with E-state index < -0.39 is 0 Å². The lowest BCUT2D eigenvalue weighted by Gasteiger charge is -2.11. The van der Waals surface area contributed by atoms with Crippen LogP contribution >= 0.6 is 11.3 Å². The van der Waals surface area contributed by atoms with Gasteiger partial charge in [0.2, 0.25) is 0 Å². The molecule has 3 N–H and O–H groups in total. The Morgan fingerprint density at radius 2 is 2.53 bits per heavy atom. The van der Waals surface area contributed by atoms with Gasteiger partial charge >= 0.3 is 0 Å². The van der Waals surface area contributed by atoms with Crippen LogP contribution in [0, 0.1) is 0 Å². The number of aromatic nitrogens is 2. The van der Waals surface area contributed by atoms with Crippen molar-refractivity contribution >= 4 is 11.3 Å². The van der Waals surface area contributed by atoms with Gasteiger partial charge in [0.1, 0.15) is 0 Å². The van der Waals surface area contributed by atoms with Crippen molar-refractivity contribution in [3.05, 3.63) is 40.3 Å². The molecular weight excluding hydrogens is 208 g/mol. The van der Waals surface area contributed by atoms with Gasteiger partial charge in [-0.1, -0.05) is 6.07 Å². The minimum atomic E-state index is 0.0466. The maximum absolute atomic E-state index is 5.57. The maximum atomic E-state index is 5.57. The predicted molar refractivity (Wildman–Crippen MR) is 61.4 cm³/mol. The first-order chi connectivity index (χ1) is 7.35. The molecule has 2 aromatic rings. The normalized spacial score (nSPS) is 12.9. The Kier molecular flexibility index (Phi) is 3.15. The van der Waals surface area contributed by atoms with Gasteiger partial charge in [-0.15, -0.1) is 11.3 Å². The Labute approximate surface area is 92.7 Å². The first kappa shape index (κ1) is 10.4. The minimum absolute atomic E-state index is 0.0466. The van der Waals surface area contributed by atoms with Gasteiger partial charge in [0.15, 0.2) is 0 Å². The molecule has 0 bridgehead atoms. The summed E-state index contributed by atoms with van der Waals surface area (Å²) in [6, 6.07) is 4.14. The van der Waals surface area contributed by atoms with Crippen LogP contribution < -0.4 is 11.3 Å². The van der Waals surface area contributed by atoms with Crippen molar-refractivity contribution in [2.45, 2.75) is 19.5 Å². The molecule has 15 heavy (non-hydrogen) atoms. The number of hydrogen-bond acceptors (Lipinski definition) is 4. The fourth-order valence-electron chi connectivity index (χ4n) is 1.50. The van der Waals surface area contributed by atoms with Gasteiger partial charge in [-0.05, 0) is 18.4 Å². The van der Waals surface area contributed by atoms with E-state index in [9.17, 15) is 0 Å². The highest BCUT2D eigenvalue weighted by Gasteiger charge is 2.14. The average molecular weight is 222 g/mol. The largest absolute Gasteiger partial charge is 0.273 e. The molecule has 1 atom stereocenters. The summed E-state index contributed by atoms with van der Waals surface area (Å²) in [5, 5.41) is 6.28. The summed E-state index contributed by atoms with van der Waals surface area (Å²) in [6.45, 7) is 2.94. The monoisotopic (exact) mass is 222 g/mol.